The lowest BCUT2D eigenvalue weighted by Gasteiger charge is -2.03. The summed E-state index contributed by atoms with van der Waals surface area (Å²) in [5.74, 6) is 0. The second-order valence-corrected chi connectivity index (χ2v) is 4.42. The third-order valence-corrected chi connectivity index (χ3v) is 3.14. The molecule has 5 nitrogen and oxygen atoms in total. The Morgan fingerprint density at radius 1 is 1.47 bits per heavy atom. The minimum Gasteiger partial charge on any atom is -0.318 e. The quantitative estimate of drug-likeness (QED) is 0.887. The van der Waals surface area contributed by atoms with Crippen LogP contribution in [0.1, 0.15) is 21.6 Å². The molecular weight excluding hydrogens is 255 g/mol. The Balaban J connectivity index is 2.26. The number of hydrogen-bond donors (Lipinski definition) is 1. The highest BCUT2D eigenvalue weighted by Gasteiger charge is 2.35. The van der Waals surface area contributed by atoms with Crippen molar-refractivity contribution in [2.75, 3.05) is 0 Å². The van der Waals surface area contributed by atoms with E-state index in [2.05, 4.69) is 15.3 Å². The van der Waals surface area contributed by atoms with Gasteiger partial charge in [-0.05, 0) is 0 Å². The van der Waals surface area contributed by atoms with Crippen molar-refractivity contribution in [2.45, 2.75) is 12.2 Å². The highest BCUT2D eigenvalue weighted by Crippen LogP contribution is 2.34. The van der Waals surface area contributed by atoms with Gasteiger partial charge in [0.2, 0.25) is 0 Å². The highest BCUT2D eigenvalue weighted by atomic mass is 32.1. The molecule has 0 fully saturated rings. The summed E-state index contributed by atoms with van der Waals surface area (Å²) in [7, 11) is 1.65. The van der Waals surface area contributed by atoms with Gasteiger partial charge >= 0.3 is 6.18 Å². The molecule has 2 heterocycles. The van der Waals surface area contributed by atoms with Gasteiger partial charge in [0, 0.05) is 18.1 Å². The molecule has 1 atom stereocenters. The number of hydrogen-bond acceptors (Lipinski definition) is 5. The molecule has 0 spiro atoms. The third-order valence-electron chi connectivity index (χ3n) is 2.01. The summed E-state index contributed by atoms with van der Waals surface area (Å²) in [6.07, 6.45) is -1.77. The summed E-state index contributed by atoms with van der Waals surface area (Å²) >= 11 is 0.514. The zero-order chi connectivity index (χ0) is 12.6. The Hall–Kier alpha value is -1.48. The summed E-state index contributed by atoms with van der Waals surface area (Å²) in [6.45, 7) is 0. The minimum absolute atomic E-state index is 0.304. The number of nitrogens with zero attached hydrogens (tertiary/aromatic N) is 4. The highest BCUT2D eigenvalue weighted by molar-refractivity contribution is 7.11. The molecule has 9 heteroatoms. The van der Waals surface area contributed by atoms with E-state index in [4.69, 9.17) is 5.73 Å². The maximum atomic E-state index is 12.3. The molecule has 2 N–H and O–H groups in total. The average molecular weight is 263 g/mol. The van der Waals surface area contributed by atoms with Crippen LogP contribution in [0.3, 0.4) is 0 Å². The van der Waals surface area contributed by atoms with Crippen molar-refractivity contribution in [1.82, 2.24) is 20.0 Å². The van der Waals surface area contributed by atoms with Gasteiger partial charge in [-0.2, -0.15) is 13.2 Å². The molecule has 0 aliphatic carbocycles. The lowest BCUT2D eigenvalue weighted by molar-refractivity contribution is -0.137. The van der Waals surface area contributed by atoms with Crippen LogP contribution < -0.4 is 5.73 Å². The van der Waals surface area contributed by atoms with Gasteiger partial charge < -0.3 is 5.73 Å². The van der Waals surface area contributed by atoms with Crippen LogP contribution in [0.4, 0.5) is 13.2 Å². The predicted octanol–water partition coefficient (Wildman–Crippen LogP) is 1.34. The SMILES string of the molecule is Cn1cc(C(N)c2cnc(C(F)(F)F)s2)nn1. The van der Waals surface area contributed by atoms with Crippen molar-refractivity contribution < 1.29 is 13.2 Å². The molecule has 0 radical (unpaired) electrons. The topological polar surface area (TPSA) is 69.6 Å². The fourth-order valence-corrected chi connectivity index (χ4v) is 2.01. The van der Waals surface area contributed by atoms with Crippen LogP contribution in [0, 0.1) is 0 Å². The molecule has 0 saturated heterocycles. The number of rotatable bonds is 2. The molecule has 0 aliphatic rings. The van der Waals surface area contributed by atoms with Gasteiger partial charge in [-0.3, -0.25) is 4.68 Å². The van der Waals surface area contributed by atoms with E-state index in [0.29, 0.717) is 21.9 Å². The molecule has 0 bridgehead atoms. The molecule has 2 rings (SSSR count). The normalized spacial score (nSPS) is 13.9. The van der Waals surface area contributed by atoms with Gasteiger partial charge in [0.15, 0.2) is 5.01 Å². The average Bonchev–Trinajstić information content (AvgIpc) is 2.83. The Morgan fingerprint density at radius 3 is 2.65 bits per heavy atom. The molecule has 0 amide bonds. The van der Waals surface area contributed by atoms with Crippen LogP contribution in [0.15, 0.2) is 12.4 Å². The van der Waals surface area contributed by atoms with Gasteiger partial charge in [-0.15, -0.1) is 16.4 Å². The van der Waals surface area contributed by atoms with Crippen LogP contribution in [0.2, 0.25) is 0 Å². The monoisotopic (exact) mass is 263 g/mol. The van der Waals surface area contributed by atoms with Crippen molar-refractivity contribution in [2.24, 2.45) is 12.8 Å². The molecule has 92 valence electrons. The first-order chi connectivity index (χ1) is 7.88. The summed E-state index contributed by atoms with van der Waals surface area (Å²) in [5, 5.41) is 6.51. The summed E-state index contributed by atoms with van der Waals surface area (Å²) in [6, 6.07) is -0.739. The first kappa shape index (κ1) is 12.0. The zero-order valence-corrected chi connectivity index (χ0v) is 9.46. The van der Waals surface area contributed by atoms with E-state index in [9.17, 15) is 13.2 Å². The van der Waals surface area contributed by atoms with Crippen LogP contribution in [-0.2, 0) is 13.2 Å². The van der Waals surface area contributed by atoms with E-state index >= 15 is 0 Å². The molecule has 1 unspecified atom stereocenters. The maximum absolute atomic E-state index is 12.3. The van der Waals surface area contributed by atoms with Gasteiger partial charge in [-0.25, -0.2) is 4.98 Å². The van der Waals surface area contributed by atoms with E-state index in [1.54, 1.807) is 13.2 Å². The summed E-state index contributed by atoms with van der Waals surface area (Å²) < 4.78 is 38.5. The van der Waals surface area contributed by atoms with Crippen LogP contribution in [0.5, 0.6) is 0 Å². The number of nitrogens with two attached hydrogens (primary N) is 1. The van der Waals surface area contributed by atoms with E-state index < -0.39 is 17.2 Å². The number of halogens is 3. The van der Waals surface area contributed by atoms with Crippen molar-refractivity contribution in [3.63, 3.8) is 0 Å². The molecule has 17 heavy (non-hydrogen) atoms. The van der Waals surface area contributed by atoms with Gasteiger partial charge in [0.25, 0.3) is 0 Å². The maximum Gasteiger partial charge on any atom is 0.443 e. The second kappa shape index (κ2) is 4.08. The Labute approximate surface area is 98.1 Å². The van der Waals surface area contributed by atoms with E-state index in [-0.39, 0.29) is 0 Å². The summed E-state index contributed by atoms with van der Waals surface area (Å²) in [5.41, 5.74) is 6.18. The van der Waals surface area contributed by atoms with Crippen LogP contribution in [0.25, 0.3) is 0 Å². The van der Waals surface area contributed by atoms with Crippen molar-refractivity contribution >= 4 is 11.3 Å². The van der Waals surface area contributed by atoms with Gasteiger partial charge in [0.05, 0.1) is 12.2 Å². The predicted molar refractivity (Wildman–Crippen MR) is 54.1 cm³/mol. The number of aromatic nitrogens is 4. The third kappa shape index (κ3) is 2.44. The molecule has 0 aromatic carbocycles. The first-order valence-electron chi connectivity index (χ1n) is 4.52. The fourth-order valence-electron chi connectivity index (χ4n) is 1.21. The van der Waals surface area contributed by atoms with Crippen LogP contribution >= 0.6 is 11.3 Å². The van der Waals surface area contributed by atoms with Gasteiger partial charge in [0.1, 0.15) is 5.69 Å². The first-order valence-corrected chi connectivity index (χ1v) is 5.34. The van der Waals surface area contributed by atoms with E-state index in [1.807, 2.05) is 0 Å². The molecule has 2 aromatic rings. The number of aryl methyl sites for hydroxylation is 1. The fraction of sp³-hybridized carbons (Fsp3) is 0.375. The lowest BCUT2D eigenvalue weighted by atomic mass is 10.2. The minimum atomic E-state index is -4.44. The summed E-state index contributed by atoms with van der Waals surface area (Å²) in [4.78, 5) is 3.60. The Kier molecular flexibility index (Phi) is 2.87. The van der Waals surface area contributed by atoms with Crippen molar-refractivity contribution in [3.05, 3.63) is 28.0 Å². The largest absolute Gasteiger partial charge is 0.443 e. The Bertz CT molecular complexity index is 517. The van der Waals surface area contributed by atoms with Gasteiger partial charge in [-0.1, -0.05) is 5.21 Å². The zero-order valence-electron chi connectivity index (χ0n) is 8.64. The number of alkyl halides is 3. The molecule has 0 saturated carbocycles. The van der Waals surface area contributed by atoms with E-state index in [0.717, 1.165) is 6.20 Å². The van der Waals surface area contributed by atoms with E-state index in [1.165, 1.54) is 4.68 Å². The second-order valence-electron chi connectivity index (χ2n) is 3.36. The molecule has 2 aromatic heterocycles. The van der Waals surface area contributed by atoms with Crippen molar-refractivity contribution in [1.29, 1.82) is 0 Å². The standard InChI is InChI=1S/C8H8F3N5S/c1-16-3-4(14-15-16)6(12)5-2-13-7(17-5)8(9,10)11/h2-3,6H,12H2,1H3. The molecular formula is C8H8F3N5S. The molecule has 0 aliphatic heterocycles. The lowest BCUT2D eigenvalue weighted by Crippen LogP contribution is -2.10. The number of thiazole rings is 1. The Morgan fingerprint density at radius 2 is 2.18 bits per heavy atom. The van der Waals surface area contributed by atoms with Crippen molar-refractivity contribution in [3.8, 4) is 0 Å². The van der Waals surface area contributed by atoms with Crippen LogP contribution in [-0.4, -0.2) is 20.0 Å². The smallest absolute Gasteiger partial charge is 0.318 e.